The van der Waals surface area contributed by atoms with E-state index in [1.807, 2.05) is 14.0 Å². The van der Waals surface area contributed by atoms with E-state index in [1.54, 1.807) is 11.3 Å². The van der Waals surface area contributed by atoms with E-state index in [1.165, 1.54) is 9.75 Å². The van der Waals surface area contributed by atoms with Crippen LogP contribution in [0, 0.1) is 18.3 Å². The average molecular weight is 237 g/mol. The highest BCUT2D eigenvalue weighted by Crippen LogP contribution is 2.28. The van der Waals surface area contributed by atoms with E-state index in [0.717, 1.165) is 6.54 Å². The molecule has 2 atom stereocenters. The largest absolute Gasteiger partial charge is 0.326 e. The Hall–Kier alpha value is -0.890. The highest BCUT2D eigenvalue weighted by atomic mass is 32.1. The minimum absolute atomic E-state index is 0.0711. The Morgan fingerprint density at radius 3 is 2.69 bits per heavy atom. The molecule has 0 aliphatic rings. The Morgan fingerprint density at radius 1 is 1.56 bits per heavy atom. The molecular weight excluding hydrogens is 218 g/mol. The average Bonchev–Trinajstić information content (AvgIpc) is 2.61. The lowest BCUT2D eigenvalue weighted by molar-refractivity contribution is 0.227. The zero-order valence-electron chi connectivity index (χ0n) is 10.1. The smallest absolute Gasteiger partial charge is 0.0635 e. The van der Waals surface area contributed by atoms with Gasteiger partial charge in [0.05, 0.1) is 12.1 Å². The van der Waals surface area contributed by atoms with Crippen LogP contribution in [0.1, 0.15) is 29.1 Å². The summed E-state index contributed by atoms with van der Waals surface area (Å²) in [5.41, 5.74) is 6.03. The molecule has 2 N–H and O–H groups in total. The van der Waals surface area contributed by atoms with Crippen LogP contribution in [0.4, 0.5) is 0 Å². The molecular formula is C12H19N3S. The normalized spacial score (nSPS) is 14.8. The van der Waals surface area contributed by atoms with Gasteiger partial charge in [0.2, 0.25) is 0 Å². The molecule has 88 valence electrons. The molecule has 0 amide bonds. The first-order valence-corrected chi connectivity index (χ1v) is 6.27. The van der Waals surface area contributed by atoms with E-state index in [0.29, 0.717) is 6.42 Å². The van der Waals surface area contributed by atoms with Crippen LogP contribution in [-0.4, -0.2) is 24.5 Å². The van der Waals surface area contributed by atoms with Gasteiger partial charge in [-0.05, 0) is 33.0 Å². The fourth-order valence-corrected chi connectivity index (χ4v) is 3.01. The number of hydrogen-bond acceptors (Lipinski definition) is 4. The van der Waals surface area contributed by atoms with Crippen LogP contribution >= 0.6 is 11.3 Å². The van der Waals surface area contributed by atoms with Crippen molar-refractivity contribution in [1.82, 2.24) is 4.90 Å². The third-order valence-corrected chi connectivity index (χ3v) is 3.67. The Balaban J connectivity index is 2.79. The third kappa shape index (κ3) is 3.31. The predicted molar refractivity (Wildman–Crippen MR) is 68.3 cm³/mol. The number of nitriles is 1. The molecule has 1 heterocycles. The van der Waals surface area contributed by atoms with Crippen molar-refractivity contribution in [3.05, 3.63) is 21.9 Å². The molecule has 3 nitrogen and oxygen atoms in total. The number of aryl methyl sites for hydroxylation is 1. The molecule has 0 aromatic carbocycles. The molecule has 16 heavy (non-hydrogen) atoms. The molecule has 0 aliphatic carbocycles. The van der Waals surface area contributed by atoms with Crippen molar-refractivity contribution in [3.8, 4) is 6.07 Å². The summed E-state index contributed by atoms with van der Waals surface area (Å²) in [5, 5.41) is 8.60. The lowest BCUT2D eigenvalue weighted by atomic mass is 10.1. The van der Waals surface area contributed by atoms with Gasteiger partial charge in [0.1, 0.15) is 0 Å². The molecule has 4 heteroatoms. The first-order valence-electron chi connectivity index (χ1n) is 5.45. The minimum Gasteiger partial charge on any atom is -0.326 e. The summed E-state index contributed by atoms with van der Waals surface area (Å²) in [6.45, 7) is 4.88. The summed E-state index contributed by atoms with van der Waals surface area (Å²) in [4.78, 5) is 4.75. The topological polar surface area (TPSA) is 53.0 Å². The molecule has 0 aliphatic heterocycles. The molecule has 1 aromatic heterocycles. The zero-order chi connectivity index (χ0) is 12.1. The van der Waals surface area contributed by atoms with Gasteiger partial charge < -0.3 is 5.73 Å². The van der Waals surface area contributed by atoms with Gasteiger partial charge in [-0.1, -0.05) is 0 Å². The standard InChI is InChI=1S/C12H19N3S/c1-9-5-6-11(16-9)12(10(2)14)15(3)8-4-7-13/h5-6,10,12H,4,8,14H2,1-3H3. The van der Waals surface area contributed by atoms with Crippen LogP contribution in [0.15, 0.2) is 12.1 Å². The van der Waals surface area contributed by atoms with Crippen molar-refractivity contribution >= 4 is 11.3 Å². The number of rotatable bonds is 5. The monoisotopic (exact) mass is 237 g/mol. The maximum absolute atomic E-state index is 8.60. The van der Waals surface area contributed by atoms with Crippen molar-refractivity contribution < 1.29 is 0 Å². The van der Waals surface area contributed by atoms with Crippen molar-refractivity contribution in [2.24, 2.45) is 5.73 Å². The van der Waals surface area contributed by atoms with Crippen LogP contribution in [-0.2, 0) is 0 Å². The maximum Gasteiger partial charge on any atom is 0.0635 e. The summed E-state index contributed by atoms with van der Waals surface area (Å²) in [6.07, 6.45) is 0.546. The van der Waals surface area contributed by atoms with Crippen LogP contribution in [0.2, 0.25) is 0 Å². The first kappa shape index (κ1) is 13.2. The predicted octanol–water partition coefficient (Wildman–Crippen LogP) is 2.29. The Morgan fingerprint density at radius 2 is 2.25 bits per heavy atom. The lowest BCUT2D eigenvalue weighted by Gasteiger charge is -2.29. The highest BCUT2D eigenvalue weighted by Gasteiger charge is 2.22. The van der Waals surface area contributed by atoms with Gasteiger partial charge >= 0.3 is 0 Å². The van der Waals surface area contributed by atoms with Crippen LogP contribution in [0.5, 0.6) is 0 Å². The van der Waals surface area contributed by atoms with E-state index in [2.05, 4.69) is 30.0 Å². The van der Waals surface area contributed by atoms with Crippen molar-refractivity contribution in [2.75, 3.05) is 13.6 Å². The maximum atomic E-state index is 8.60. The zero-order valence-corrected chi connectivity index (χ0v) is 10.9. The molecule has 0 saturated carbocycles. The van der Waals surface area contributed by atoms with Gasteiger partial charge in [0, 0.05) is 28.8 Å². The van der Waals surface area contributed by atoms with Gasteiger partial charge in [0.15, 0.2) is 0 Å². The molecule has 0 spiro atoms. The van der Waals surface area contributed by atoms with E-state index in [9.17, 15) is 0 Å². The fourth-order valence-electron chi connectivity index (χ4n) is 1.86. The Labute approximate surface area is 101 Å². The van der Waals surface area contributed by atoms with Crippen molar-refractivity contribution in [2.45, 2.75) is 32.4 Å². The number of nitrogens with zero attached hydrogens (tertiary/aromatic N) is 2. The quantitative estimate of drug-likeness (QED) is 0.855. The van der Waals surface area contributed by atoms with Crippen LogP contribution in [0.3, 0.4) is 0 Å². The number of thiophene rings is 1. The summed E-state index contributed by atoms with van der Waals surface area (Å²) in [5.74, 6) is 0. The number of hydrogen-bond donors (Lipinski definition) is 1. The van der Waals surface area contributed by atoms with Gasteiger partial charge in [-0.25, -0.2) is 0 Å². The van der Waals surface area contributed by atoms with E-state index < -0.39 is 0 Å². The first-order chi connectivity index (χ1) is 7.56. The number of likely N-dealkylation sites (N-methyl/N-ethyl adjacent to an activating group) is 1. The van der Waals surface area contributed by atoms with Crippen LogP contribution < -0.4 is 5.73 Å². The van der Waals surface area contributed by atoms with Crippen molar-refractivity contribution in [3.63, 3.8) is 0 Å². The summed E-state index contributed by atoms with van der Waals surface area (Å²) in [7, 11) is 2.03. The van der Waals surface area contributed by atoms with Gasteiger partial charge in [-0.3, -0.25) is 4.90 Å². The summed E-state index contributed by atoms with van der Waals surface area (Å²) in [6, 6.07) is 6.71. The Kier molecular flexibility index (Phi) is 4.94. The molecule has 0 radical (unpaired) electrons. The molecule has 1 rings (SSSR count). The highest BCUT2D eigenvalue weighted by molar-refractivity contribution is 7.12. The molecule has 1 aromatic rings. The second kappa shape index (κ2) is 6.00. The molecule has 0 saturated heterocycles. The van der Waals surface area contributed by atoms with Crippen molar-refractivity contribution in [1.29, 1.82) is 5.26 Å². The minimum atomic E-state index is 0.0711. The molecule has 0 fully saturated rings. The van der Waals surface area contributed by atoms with E-state index in [-0.39, 0.29) is 12.1 Å². The van der Waals surface area contributed by atoms with E-state index >= 15 is 0 Å². The molecule has 0 bridgehead atoms. The summed E-state index contributed by atoms with van der Waals surface area (Å²) < 4.78 is 0. The molecule has 2 unspecified atom stereocenters. The van der Waals surface area contributed by atoms with E-state index in [4.69, 9.17) is 11.0 Å². The van der Waals surface area contributed by atoms with Crippen LogP contribution in [0.25, 0.3) is 0 Å². The summed E-state index contributed by atoms with van der Waals surface area (Å²) >= 11 is 1.78. The van der Waals surface area contributed by atoms with Gasteiger partial charge in [0.25, 0.3) is 0 Å². The fraction of sp³-hybridized carbons (Fsp3) is 0.583. The van der Waals surface area contributed by atoms with Gasteiger partial charge in [-0.15, -0.1) is 11.3 Å². The lowest BCUT2D eigenvalue weighted by Crippen LogP contribution is -2.37. The second-order valence-electron chi connectivity index (χ2n) is 4.14. The Bertz CT molecular complexity index is 365. The number of nitrogens with two attached hydrogens (primary N) is 1. The SMILES string of the molecule is Cc1ccc(C(C(C)N)N(C)CCC#N)s1. The van der Waals surface area contributed by atoms with Gasteiger partial charge in [-0.2, -0.15) is 5.26 Å². The second-order valence-corrected chi connectivity index (χ2v) is 5.46. The third-order valence-electron chi connectivity index (χ3n) is 2.60.